The number of rotatable bonds is 6. The Labute approximate surface area is 123 Å². The number of nitrogens with one attached hydrogen (secondary N) is 2. The molecule has 1 aliphatic rings. The topological polar surface area (TPSA) is 102 Å². The summed E-state index contributed by atoms with van der Waals surface area (Å²) in [5.41, 5.74) is 0.415. The van der Waals surface area contributed by atoms with Gasteiger partial charge in [-0.25, -0.2) is 8.42 Å². The largest absolute Gasteiger partial charge is 0.469 e. The highest BCUT2D eigenvalue weighted by Crippen LogP contribution is 2.20. The van der Waals surface area contributed by atoms with Crippen LogP contribution >= 0.6 is 0 Å². The van der Waals surface area contributed by atoms with Crippen LogP contribution in [-0.2, 0) is 19.6 Å². The molecule has 21 heavy (non-hydrogen) atoms. The zero-order valence-corrected chi connectivity index (χ0v) is 12.7. The molecule has 1 fully saturated rings. The number of nitrogens with zero attached hydrogens (tertiary/aromatic N) is 2. The number of esters is 1. The van der Waals surface area contributed by atoms with Crippen molar-refractivity contribution >= 4 is 21.7 Å². The predicted octanol–water partition coefficient (Wildman–Crippen LogP) is 0.112. The van der Waals surface area contributed by atoms with Crippen molar-refractivity contribution in [2.75, 3.05) is 30.7 Å². The molecule has 1 aromatic heterocycles. The Bertz CT molecular complexity index is 578. The van der Waals surface area contributed by atoms with E-state index < -0.39 is 16.0 Å². The van der Waals surface area contributed by atoms with Gasteiger partial charge in [-0.1, -0.05) is 0 Å². The molecule has 0 bridgehead atoms. The van der Waals surface area contributed by atoms with Gasteiger partial charge in [-0.15, -0.1) is 0 Å². The molecule has 0 atom stereocenters. The van der Waals surface area contributed by atoms with Crippen LogP contribution in [0.4, 0.5) is 5.69 Å². The molecule has 0 spiro atoms. The van der Waals surface area contributed by atoms with Crippen LogP contribution in [0.5, 0.6) is 0 Å². The van der Waals surface area contributed by atoms with Crippen LogP contribution in [0.15, 0.2) is 12.4 Å². The Morgan fingerprint density at radius 3 is 2.90 bits per heavy atom. The predicted molar refractivity (Wildman–Crippen MR) is 77.4 cm³/mol. The van der Waals surface area contributed by atoms with Crippen LogP contribution in [0.25, 0.3) is 0 Å². The molecule has 2 rings (SSSR count). The third kappa shape index (κ3) is 4.71. The molecule has 1 saturated heterocycles. The molecule has 0 aliphatic carbocycles. The lowest BCUT2D eigenvalue weighted by molar-refractivity contribution is -0.140. The molecule has 0 aromatic carbocycles. The summed E-state index contributed by atoms with van der Waals surface area (Å²) in [6.07, 6.45) is 4.93. The molecule has 0 saturated carbocycles. The highest BCUT2D eigenvalue weighted by molar-refractivity contribution is 7.92. The minimum atomic E-state index is -3.57. The van der Waals surface area contributed by atoms with Crippen molar-refractivity contribution in [1.29, 1.82) is 0 Å². The van der Waals surface area contributed by atoms with Crippen molar-refractivity contribution in [2.24, 2.45) is 0 Å². The second-order valence-electron chi connectivity index (χ2n) is 4.94. The maximum atomic E-state index is 11.8. The quantitative estimate of drug-likeness (QED) is 0.722. The first-order valence-electron chi connectivity index (χ1n) is 6.82. The number of carbonyl (C=O) groups excluding carboxylic acids is 1. The molecule has 2 heterocycles. The van der Waals surface area contributed by atoms with Crippen LogP contribution in [0.3, 0.4) is 0 Å². The lowest BCUT2D eigenvalue weighted by Gasteiger charge is -2.22. The van der Waals surface area contributed by atoms with E-state index in [4.69, 9.17) is 0 Å². The van der Waals surface area contributed by atoms with E-state index in [9.17, 15) is 13.2 Å². The second-order valence-corrected chi connectivity index (χ2v) is 6.78. The maximum absolute atomic E-state index is 11.8. The van der Waals surface area contributed by atoms with Crippen LogP contribution in [0.1, 0.15) is 25.3 Å². The Morgan fingerprint density at radius 2 is 2.24 bits per heavy atom. The highest BCUT2D eigenvalue weighted by atomic mass is 32.2. The molecule has 1 aliphatic heterocycles. The fourth-order valence-corrected chi connectivity index (χ4v) is 3.21. The Hall–Kier alpha value is -1.61. The van der Waals surface area contributed by atoms with E-state index in [1.165, 1.54) is 13.3 Å². The van der Waals surface area contributed by atoms with Crippen molar-refractivity contribution in [1.82, 2.24) is 15.1 Å². The van der Waals surface area contributed by atoms with Gasteiger partial charge >= 0.3 is 5.97 Å². The van der Waals surface area contributed by atoms with E-state index >= 15 is 0 Å². The van der Waals surface area contributed by atoms with Gasteiger partial charge in [0.1, 0.15) is 0 Å². The average molecular weight is 316 g/mol. The third-order valence-electron chi connectivity index (χ3n) is 3.36. The summed E-state index contributed by atoms with van der Waals surface area (Å²) in [6, 6.07) is 0.291. The zero-order valence-electron chi connectivity index (χ0n) is 11.9. The van der Waals surface area contributed by atoms with Crippen molar-refractivity contribution in [3.8, 4) is 0 Å². The summed E-state index contributed by atoms with van der Waals surface area (Å²) < 4.78 is 32.3. The normalized spacial score (nSPS) is 16.6. The molecule has 0 radical (unpaired) electrons. The van der Waals surface area contributed by atoms with Gasteiger partial charge in [0, 0.05) is 6.20 Å². The number of sulfonamides is 1. The highest BCUT2D eigenvalue weighted by Gasteiger charge is 2.18. The lowest BCUT2D eigenvalue weighted by atomic mass is 10.1. The van der Waals surface area contributed by atoms with Crippen LogP contribution in [0, 0.1) is 0 Å². The van der Waals surface area contributed by atoms with Gasteiger partial charge in [0.2, 0.25) is 10.0 Å². The fourth-order valence-electron chi connectivity index (χ4n) is 2.21. The Morgan fingerprint density at radius 1 is 1.52 bits per heavy atom. The number of aromatic nitrogens is 2. The van der Waals surface area contributed by atoms with E-state index in [1.54, 1.807) is 10.9 Å². The van der Waals surface area contributed by atoms with Crippen molar-refractivity contribution in [2.45, 2.75) is 25.3 Å². The molecular formula is C12H20N4O4S. The van der Waals surface area contributed by atoms with E-state index in [-0.39, 0.29) is 12.2 Å². The average Bonchev–Trinajstić information content (AvgIpc) is 2.93. The Balaban J connectivity index is 1.93. The summed E-state index contributed by atoms with van der Waals surface area (Å²) in [5.74, 6) is -0.858. The minimum absolute atomic E-state index is 0.172. The van der Waals surface area contributed by atoms with E-state index in [0.717, 1.165) is 25.9 Å². The molecule has 9 heteroatoms. The van der Waals surface area contributed by atoms with Gasteiger partial charge in [0.05, 0.1) is 37.2 Å². The lowest BCUT2D eigenvalue weighted by Crippen LogP contribution is -2.29. The molecule has 118 valence electrons. The van der Waals surface area contributed by atoms with Gasteiger partial charge in [-0.2, -0.15) is 5.10 Å². The second kappa shape index (κ2) is 6.90. The number of methoxy groups -OCH3 is 1. The van der Waals surface area contributed by atoms with Crippen LogP contribution in [0.2, 0.25) is 0 Å². The fraction of sp³-hybridized carbons (Fsp3) is 0.667. The van der Waals surface area contributed by atoms with E-state index in [2.05, 4.69) is 19.9 Å². The van der Waals surface area contributed by atoms with Gasteiger partial charge in [-0.05, 0) is 25.9 Å². The summed E-state index contributed by atoms with van der Waals surface area (Å²) >= 11 is 0. The first-order chi connectivity index (χ1) is 10.00. The molecular weight excluding hydrogens is 296 g/mol. The summed E-state index contributed by atoms with van der Waals surface area (Å²) in [6.45, 7) is 1.87. The maximum Gasteiger partial charge on any atom is 0.306 e. The van der Waals surface area contributed by atoms with Crippen molar-refractivity contribution in [3.63, 3.8) is 0 Å². The number of ether oxygens (including phenoxy) is 1. The molecule has 8 nitrogen and oxygen atoms in total. The molecule has 0 unspecified atom stereocenters. The number of piperidine rings is 1. The first kappa shape index (κ1) is 15.8. The summed E-state index contributed by atoms with van der Waals surface area (Å²) in [7, 11) is -2.35. The summed E-state index contributed by atoms with van der Waals surface area (Å²) in [5, 5.41) is 7.47. The number of anilines is 1. The van der Waals surface area contributed by atoms with Crippen LogP contribution < -0.4 is 10.0 Å². The SMILES string of the molecule is COC(=O)CCS(=O)(=O)Nc1cnn(C2CCNCC2)c1. The van der Waals surface area contributed by atoms with Gasteiger partial charge < -0.3 is 10.1 Å². The van der Waals surface area contributed by atoms with Gasteiger partial charge in [0.15, 0.2) is 0 Å². The van der Waals surface area contributed by atoms with Crippen LogP contribution in [-0.4, -0.2) is 50.1 Å². The standard InChI is InChI=1S/C12H20N4O4S/c1-20-12(17)4-7-21(18,19)15-10-8-14-16(9-10)11-2-5-13-6-3-11/h8-9,11,13,15H,2-7H2,1H3. The number of hydrogen-bond donors (Lipinski definition) is 2. The third-order valence-corrected chi connectivity index (χ3v) is 4.65. The van der Waals surface area contributed by atoms with Gasteiger partial charge in [-0.3, -0.25) is 14.2 Å². The van der Waals surface area contributed by atoms with Crippen molar-refractivity contribution < 1.29 is 17.9 Å². The molecule has 0 amide bonds. The Kier molecular flexibility index (Phi) is 5.18. The van der Waals surface area contributed by atoms with Crippen molar-refractivity contribution in [3.05, 3.63) is 12.4 Å². The smallest absolute Gasteiger partial charge is 0.306 e. The zero-order chi connectivity index (χ0) is 15.3. The molecule has 1 aromatic rings. The number of carbonyl (C=O) groups is 1. The minimum Gasteiger partial charge on any atom is -0.469 e. The number of hydrogen-bond acceptors (Lipinski definition) is 6. The summed E-state index contributed by atoms with van der Waals surface area (Å²) in [4.78, 5) is 11.0. The van der Waals surface area contributed by atoms with E-state index in [1.807, 2.05) is 0 Å². The monoisotopic (exact) mass is 316 g/mol. The van der Waals surface area contributed by atoms with E-state index in [0.29, 0.717) is 11.7 Å². The van der Waals surface area contributed by atoms with Gasteiger partial charge in [0.25, 0.3) is 0 Å². The first-order valence-corrected chi connectivity index (χ1v) is 8.47. The molecule has 2 N–H and O–H groups in total.